The Hall–Kier alpha value is -1.55. The molecule has 2 N–H and O–H groups in total. The van der Waals surface area contributed by atoms with Crippen molar-refractivity contribution < 1.29 is 4.74 Å². The Balaban J connectivity index is 0.00000161. The second kappa shape index (κ2) is 6.94. The topological polar surface area (TPSA) is 35.2 Å². The zero-order chi connectivity index (χ0) is 13.9. The van der Waals surface area contributed by atoms with E-state index < -0.39 is 0 Å². The molecule has 0 spiro atoms. The van der Waals surface area contributed by atoms with Gasteiger partial charge in [-0.05, 0) is 35.2 Å². The highest BCUT2D eigenvalue weighted by Crippen LogP contribution is 2.36. The summed E-state index contributed by atoms with van der Waals surface area (Å²) >= 11 is 1.68. The number of thiophene rings is 1. The summed E-state index contributed by atoms with van der Waals surface area (Å²) in [6.07, 6.45) is 0. The first kappa shape index (κ1) is 15.8. The van der Waals surface area contributed by atoms with Crippen molar-refractivity contribution in [3.63, 3.8) is 0 Å². The first-order valence-corrected chi connectivity index (χ1v) is 7.62. The van der Waals surface area contributed by atoms with Crippen molar-refractivity contribution >= 4 is 34.5 Å². The van der Waals surface area contributed by atoms with Gasteiger partial charge >= 0.3 is 0 Å². The van der Waals surface area contributed by atoms with Crippen LogP contribution in [-0.2, 0) is 0 Å². The van der Waals surface area contributed by atoms with Crippen molar-refractivity contribution in [3.8, 4) is 5.75 Å². The Morgan fingerprint density at radius 1 is 1.10 bits per heavy atom. The fraction of sp³-hybridized carbons (Fsp3) is 0.176. The van der Waals surface area contributed by atoms with Crippen LogP contribution in [0.4, 0.5) is 0 Å². The monoisotopic (exact) mass is 319 g/mol. The van der Waals surface area contributed by atoms with Crippen molar-refractivity contribution in [1.82, 2.24) is 0 Å². The molecule has 1 heterocycles. The molecule has 21 heavy (non-hydrogen) atoms. The minimum atomic E-state index is -0.150. The van der Waals surface area contributed by atoms with Crippen LogP contribution in [0, 0.1) is 0 Å². The summed E-state index contributed by atoms with van der Waals surface area (Å²) in [6.45, 7) is 2.64. The molecular weight excluding hydrogens is 302 g/mol. The zero-order valence-electron chi connectivity index (χ0n) is 11.8. The summed E-state index contributed by atoms with van der Waals surface area (Å²) < 4.78 is 5.79. The summed E-state index contributed by atoms with van der Waals surface area (Å²) in [5, 5.41) is 4.41. The van der Waals surface area contributed by atoms with Crippen molar-refractivity contribution in [3.05, 3.63) is 64.4 Å². The lowest BCUT2D eigenvalue weighted by molar-refractivity contribution is 0.336. The van der Waals surface area contributed by atoms with Crippen LogP contribution in [0.2, 0.25) is 0 Å². The third kappa shape index (κ3) is 3.05. The average Bonchev–Trinajstić information content (AvgIpc) is 3.01. The van der Waals surface area contributed by atoms with E-state index in [1.807, 2.05) is 31.2 Å². The largest absolute Gasteiger partial charge is 0.493 e. The molecule has 2 nitrogen and oxygen atoms in total. The molecule has 110 valence electrons. The summed E-state index contributed by atoms with van der Waals surface area (Å²) in [6, 6.07) is 16.4. The minimum absolute atomic E-state index is 0. The summed E-state index contributed by atoms with van der Waals surface area (Å²) in [5.41, 5.74) is 7.56. The second-order valence-corrected chi connectivity index (χ2v) is 5.60. The molecular formula is C17H18ClNOS. The van der Waals surface area contributed by atoms with Crippen LogP contribution in [-0.4, -0.2) is 6.61 Å². The van der Waals surface area contributed by atoms with Gasteiger partial charge in [0.1, 0.15) is 5.75 Å². The van der Waals surface area contributed by atoms with E-state index in [1.54, 1.807) is 11.3 Å². The van der Waals surface area contributed by atoms with Crippen molar-refractivity contribution in [2.75, 3.05) is 6.61 Å². The van der Waals surface area contributed by atoms with Gasteiger partial charge in [-0.3, -0.25) is 0 Å². The first-order valence-electron chi connectivity index (χ1n) is 6.74. The van der Waals surface area contributed by atoms with Crippen LogP contribution in [0.15, 0.2) is 53.9 Å². The van der Waals surface area contributed by atoms with Gasteiger partial charge in [0.25, 0.3) is 0 Å². The second-order valence-electron chi connectivity index (χ2n) is 4.62. The lowest BCUT2D eigenvalue weighted by Crippen LogP contribution is -2.13. The van der Waals surface area contributed by atoms with Crippen LogP contribution in [0.3, 0.4) is 0 Å². The molecule has 0 aliphatic rings. The van der Waals surface area contributed by atoms with E-state index in [1.165, 1.54) is 10.8 Å². The predicted octanol–water partition coefficient (Wildman–Crippen LogP) is 4.77. The molecule has 3 aromatic rings. The Morgan fingerprint density at radius 3 is 2.62 bits per heavy atom. The maximum Gasteiger partial charge on any atom is 0.125 e. The molecule has 1 atom stereocenters. The zero-order valence-corrected chi connectivity index (χ0v) is 13.4. The van der Waals surface area contributed by atoms with E-state index >= 15 is 0 Å². The highest BCUT2D eigenvalue weighted by Gasteiger charge is 2.18. The summed E-state index contributed by atoms with van der Waals surface area (Å²) in [7, 11) is 0. The number of ether oxygens (including phenoxy) is 1. The molecule has 0 saturated heterocycles. The number of fused-ring (bicyclic) bond motifs is 1. The number of nitrogens with two attached hydrogens (primary N) is 1. The van der Waals surface area contributed by atoms with Gasteiger partial charge in [0.15, 0.2) is 0 Å². The number of hydrogen-bond acceptors (Lipinski definition) is 3. The lowest BCUT2D eigenvalue weighted by Gasteiger charge is -2.18. The molecule has 0 radical (unpaired) electrons. The fourth-order valence-electron chi connectivity index (χ4n) is 2.49. The molecule has 0 fully saturated rings. The van der Waals surface area contributed by atoms with Gasteiger partial charge in [-0.1, -0.05) is 36.4 Å². The quantitative estimate of drug-likeness (QED) is 0.751. The third-order valence-electron chi connectivity index (χ3n) is 3.39. The lowest BCUT2D eigenvalue weighted by atomic mass is 9.97. The highest BCUT2D eigenvalue weighted by atomic mass is 35.5. The number of benzene rings is 2. The van der Waals surface area contributed by atoms with Crippen LogP contribution in [0.5, 0.6) is 5.75 Å². The Morgan fingerprint density at radius 2 is 1.90 bits per heavy atom. The first-order chi connectivity index (χ1) is 9.81. The van der Waals surface area contributed by atoms with Crippen LogP contribution in [0.1, 0.15) is 23.4 Å². The molecule has 0 saturated carbocycles. The van der Waals surface area contributed by atoms with Crippen LogP contribution >= 0.6 is 23.7 Å². The van der Waals surface area contributed by atoms with E-state index in [9.17, 15) is 0 Å². The fourth-order valence-corrected chi connectivity index (χ4v) is 3.22. The molecule has 2 aromatic carbocycles. The summed E-state index contributed by atoms with van der Waals surface area (Å²) in [5.74, 6) is 0.882. The average molecular weight is 320 g/mol. The van der Waals surface area contributed by atoms with E-state index in [-0.39, 0.29) is 18.4 Å². The van der Waals surface area contributed by atoms with E-state index in [0.29, 0.717) is 6.61 Å². The van der Waals surface area contributed by atoms with Gasteiger partial charge in [0.05, 0.1) is 12.6 Å². The minimum Gasteiger partial charge on any atom is -0.493 e. The molecule has 1 aromatic heterocycles. The maximum absolute atomic E-state index is 6.49. The van der Waals surface area contributed by atoms with E-state index in [2.05, 4.69) is 29.6 Å². The van der Waals surface area contributed by atoms with Gasteiger partial charge < -0.3 is 10.5 Å². The van der Waals surface area contributed by atoms with E-state index in [0.717, 1.165) is 16.2 Å². The summed E-state index contributed by atoms with van der Waals surface area (Å²) in [4.78, 5) is 1.15. The highest BCUT2D eigenvalue weighted by molar-refractivity contribution is 7.10. The van der Waals surface area contributed by atoms with Gasteiger partial charge in [0, 0.05) is 10.4 Å². The van der Waals surface area contributed by atoms with Crippen molar-refractivity contribution in [2.24, 2.45) is 5.73 Å². The number of rotatable bonds is 4. The van der Waals surface area contributed by atoms with Crippen molar-refractivity contribution in [2.45, 2.75) is 13.0 Å². The van der Waals surface area contributed by atoms with Crippen LogP contribution in [0.25, 0.3) is 10.8 Å². The normalized spacial score (nSPS) is 11.9. The standard InChI is InChI=1S/C17H17NOS.ClH/c1-2-19-14-10-9-12-6-3-4-7-13(12)16(14)17(18)15-8-5-11-20-15;/h3-11,17H,2,18H2,1H3;1H/t17-;/m1./s1. The van der Waals surface area contributed by atoms with Crippen molar-refractivity contribution in [1.29, 1.82) is 0 Å². The van der Waals surface area contributed by atoms with Gasteiger partial charge in [-0.15, -0.1) is 23.7 Å². The Kier molecular flexibility index (Phi) is 5.23. The van der Waals surface area contributed by atoms with Gasteiger partial charge in [0.2, 0.25) is 0 Å². The third-order valence-corrected chi connectivity index (χ3v) is 4.35. The molecule has 0 aliphatic heterocycles. The molecule has 3 rings (SSSR count). The van der Waals surface area contributed by atoms with E-state index in [4.69, 9.17) is 10.5 Å². The SMILES string of the molecule is CCOc1ccc2ccccc2c1[C@H](N)c1cccs1.Cl. The number of halogens is 1. The van der Waals surface area contributed by atoms with Crippen LogP contribution < -0.4 is 10.5 Å². The van der Waals surface area contributed by atoms with Gasteiger partial charge in [-0.2, -0.15) is 0 Å². The smallest absolute Gasteiger partial charge is 0.125 e. The molecule has 0 amide bonds. The predicted molar refractivity (Wildman–Crippen MR) is 92.7 cm³/mol. The van der Waals surface area contributed by atoms with Gasteiger partial charge in [-0.25, -0.2) is 0 Å². The number of hydrogen-bond donors (Lipinski definition) is 1. The molecule has 0 bridgehead atoms. The molecule has 4 heteroatoms. The molecule has 0 aliphatic carbocycles. The maximum atomic E-state index is 6.49. The molecule has 0 unspecified atom stereocenters. The Labute approximate surface area is 135 Å². The Bertz CT molecular complexity index is 712.